The zero-order valence-corrected chi connectivity index (χ0v) is 13.7. The highest BCUT2D eigenvalue weighted by atomic mass is 16.5. The molecule has 0 aromatic carbocycles. The number of hydrogen-bond donors (Lipinski definition) is 0. The first-order chi connectivity index (χ1) is 11.2. The van der Waals surface area contributed by atoms with E-state index < -0.39 is 0 Å². The Morgan fingerprint density at radius 2 is 1.83 bits per heavy atom. The number of amides is 1. The molecule has 1 amide bonds. The first kappa shape index (κ1) is 14.9. The second-order valence-corrected chi connectivity index (χ2v) is 7.10. The standard InChI is InChI=1S/C17H24N4O2/c1-13-11-18-16(19-12-13)21-4-2-17(3-5-21)10-14(17)15(22)20-6-8-23-9-7-20/h11-12,14H,2-10H2,1H3/t14-/m0/s1. The van der Waals surface area contributed by atoms with Crippen molar-refractivity contribution in [2.75, 3.05) is 44.3 Å². The maximum atomic E-state index is 12.7. The minimum absolute atomic E-state index is 0.238. The number of rotatable bonds is 2. The molecule has 1 atom stereocenters. The van der Waals surface area contributed by atoms with Crippen molar-refractivity contribution in [1.29, 1.82) is 0 Å². The average Bonchev–Trinajstić information content (AvgIpc) is 3.30. The van der Waals surface area contributed by atoms with Crippen LogP contribution in [0.25, 0.3) is 0 Å². The summed E-state index contributed by atoms with van der Waals surface area (Å²) in [6.07, 6.45) is 6.95. The van der Waals surface area contributed by atoms with E-state index in [4.69, 9.17) is 4.74 Å². The summed E-state index contributed by atoms with van der Waals surface area (Å²) in [5.41, 5.74) is 1.33. The fourth-order valence-corrected chi connectivity index (χ4v) is 3.95. The van der Waals surface area contributed by atoms with E-state index in [-0.39, 0.29) is 11.3 Å². The molecule has 3 fully saturated rings. The number of nitrogens with zero attached hydrogens (tertiary/aromatic N) is 4. The van der Waals surface area contributed by atoms with Crippen LogP contribution in [-0.4, -0.2) is 60.2 Å². The molecule has 0 N–H and O–H groups in total. The molecule has 6 nitrogen and oxygen atoms in total. The lowest BCUT2D eigenvalue weighted by molar-refractivity contribution is -0.137. The van der Waals surface area contributed by atoms with Crippen molar-refractivity contribution in [3.8, 4) is 0 Å². The molecule has 2 aliphatic heterocycles. The number of carbonyl (C=O) groups is 1. The Hall–Kier alpha value is -1.69. The molecule has 3 heterocycles. The molecule has 4 rings (SSSR count). The highest BCUT2D eigenvalue weighted by Gasteiger charge is 2.59. The minimum Gasteiger partial charge on any atom is -0.378 e. The summed E-state index contributed by atoms with van der Waals surface area (Å²) >= 11 is 0. The highest BCUT2D eigenvalue weighted by molar-refractivity contribution is 5.83. The Balaban J connectivity index is 1.35. The van der Waals surface area contributed by atoms with Crippen LogP contribution in [0.4, 0.5) is 5.95 Å². The number of morpholine rings is 1. The predicted octanol–water partition coefficient (Wildman–Crippen LogP) is 1.25. The number of anilines is 1. The lowest BCUT2D eigenvalue weighted by Crippen LogP contribution is -2.43. The van der Waals surface area contributed by atoms with Crippen LogP contribution in [0, 0.1) is 18.3 Å². The molecule has 1 aromatic rings. The molecule has 2 saturated heterocycles. The summed E-state index contributed by atoms with van der Waals surface area (Å²) in [4.78, 5) is 25.7. The lowest BCUT2D eigenvalue weighted by atomic mass is 9.90. The van der Waals surface area contributed by atoms with Crippen molar-refractivity contribution in [1.82, 2.24) is 14.9 Å². The molecule has 0 radical (unpaired) electrons. The molecule has 0 bridgehead atoms. The molecule has 3 aliphatic rings. The monoisotopic (exact) mass is 316 g/mol. The number of hydrogen-bond acceptors (Lipinski definition) is 5. The highest BCUT2D eigenvalue weighted by Crippen LogP contribution is 2.60. The third-order valence-electron chi connectivity index (χ3n) is 5.62. The van der Waals surface area contributed by atoms with Gasteiger partial charge in [-0.2, -0.15) is 0 Å². The summed E-state index contributed by atoms with van der Waals surface area (Å²) in [6.45, 7) is 6.80. The van der Waals surface area contributed by atoms with Gasteiger partial charge in [0.15, 0.2) is 0 Å². The topological polar surface area (TPSA) is 58.6 Å². The maximum absolute atomic E-state index is 12.7. The first-order valence-electron chi connectivity index (χ1n) is 8.58. The minimum atomic E-state index is 0.238. The van der Waals surface area contributed by atoms with E-state index in [1.165, 1.54) is 0 Å². The molecule has 1 aromatic heterocycles. The first-order valence-corrected chi connectivity index (χ1v) is 8.58. The number of carbonyl (C=O) groups excluding carboxylic acids is 1. The maximum Gasteiger partial charge on any atom is 0.226 e. The van der Waals surface area contributed by atoms with Crippen LogP contribution in [0.1, 0.15) is 24.8 Å². The van der Waals surface area contributed by atoms with Crippen molar-refractivity contribution in [3.63, 3.8) is 0 Å². The predicted molar refractivity (Wildman–Crippen MR) is 86.2 cm³/mol. The van der Waals surface area contributed by atoms with Crippen molar-refractivity contribution in [2.45, 2.75) is 26.2 Å². The van der Waals surface area contributed by atoms with Crippen molar-refractivity contribution >= 4 is 11.9 Å². The smallest absolute Gasteiger partial charge is 0.226 e. The van der Waals surface area contributed by atoms with Gasteiger partial charge in [0.25, 0.3) is 0 Å². The number of ether oxygens (including phenoxy) is 1. The summed E-state index contributed by atoms with van der Waals surface area (Å²) in [6, 6.07) is 0. The summed E-state index contributed by atoms with van der Waals surface area (Å²) in [5.74, 6) is 1.41. The molecule has 23 heavy (non-hydrogen) atoms. The van der Waals surface area contributed by atoms with Crippen molar-refractivity contribution < 1.29 is 9.53 Å². The van der Waals surface area contributed by atoms with Gasteiger partial charge >= 0.3 is 0 Å². The summed E-state index contributed by atoms with van der Waals surface area (Å²) in [7, 11) is 0. The molecule has 124 valence electrons. The van der Waals surface area contributed by atoms with E-state index in [2.05, 4.69) is 14.9 Å². The van der Waals surface area contributed by atoms with Gasteiger partial charge in [-0.3, -0.25) is 4.79 Å². The summed E-state index contributed by atoms with van der Waals surface area (Å²) < 4.78 is 5.34. The average molecular weight is 316 g/mol. The van der Waals surface area contributed by atoms with Crippen LogP contribution in [-0.2, 0) is 9.53 Å². The molecular formula is C17H24N4O2. The third-order valence-corrected chi connectivity index (χ3v) is 5.62. The van der Waals surface area contributed by atoms with Gasteiger partial charge in [-0.1, -0.05) is 0 Å². The van der Waals surface area contributed by atoms with Gasteiger partial charge in [-0.15, -0.1) is 0 Å². The summed E-state index contributed by atoms with van der Waals surface area (Å²) in [5, 5.41) is 0. The van der Waals surface area contributed by atoms with Gasteiger partial charge in [-0.25, -0.2) is 9.97 Å². The molecular weight excluding hydrogens is 292 g/mol. The lowest BCUT2D eigenvalue weighted by Gasteiger charge is -2.34. The van der Waals surface area contributed by atoms with E-state index in [9.17, 15) is 4.79 Å². The van der Waals surface area contributed by atoms with Gasteiger partial charge in [0, 0.05) is 44.5 Å². The van der Waals surface area contributed by atoms with E-state index in [0.717, 1.165) is 57.0 Å². The van der Waals surface area contributed by atoms with E-state index in [1.54, 1.807) is 0 Å². The largest absolute Gasteiger partial charge is 0.378 e. The Labute approximate surface area is 136 Å². The fourth-order valence-electron chi connectivity index (χ4n) is 3.95. The van der Waals surface area contributed by atoms with Crippen molar-refractivity contribution in [2.24, 2.45) is 11.3 Å². The molecule has 1 saturated carbocycles. The third kappa shape index (κ3) is 2.80. The van der Waals surface area contributed by atoms with Crippen LogP contribution < -0.4 is 4.90 Å². The number of aryl methyl sites for hydroxylation is 1. The number of aromatic nitrogens is 2. The second-order valence-electron chi connectivity index (χ2n) is 7.10. The fraction of sp³-hybridized carbons (Fsp3) is 0.706. The Morgan fingerprint density at radius 3 is 2.48 bits per heavy atom. The van der Waals surface area contributed by atoms with Gasteiger partial charge < -0.3 is 14.5 Å². The Kier molecular flexibility index (Phi) is 3.71. The molecule has 1 aliphatic carbocycles. The van der Waals surface area contributed by atoms with Gasteiger partial charge in [0.2, 0.25) is 11.9 Å². The van der Waals surface area contributed by atoms with Crippen LogP contribution in [0.15, 0.2) is 12.4 Å². The van der Waals surface area contributed by atoms with Crippen LogP contribution in [0.3, 0.4) is 0 Å². The SMILES string of the molecule is Cc1cnc(N2CCC3(CC2)C[C@H]3C(=O)N2CCOCC2)nc1. The van der Waals surface area contributed by atoms with E-state index in [1.807, 2.05) is 24.2 Å². The quantitative estimate of drug-likeness (QED) is 0.822. The van der Waals surface area contributed by atoms with E-state index >= 15 is 0 Å². The van der Waals surface area contributed by atoms with Gasteiger partial charge in [-0.05, 0) is 37.2 Å². The zero-order valence-electron chi connectivity index (χ0n) is 13.7. The Morgan fingerprint density at radius 1 is 1.17 bits per heavy atom. The van der Waals surface area contributed by atoms with Crippen LogP contribution in [0.2, 0.25) is 0 Å². The van der Waals surface area contributed by atoms with Crippen LogP contribution in [0.5, 0.6) is 0 Å². The molecule has 1 spiro atoms. The van der Waals surface area contributed by atoms with Gasteiger partial charge in [0.05, 0.1) is 13.2 Å². The van der Waals surface area contributed by atoms with Gasteiger partial charge in [0.1, 0.15) is 0 Å². The van der Waals surface area contributed by atoms with E-state index in [0.29, 0.717) is 19.1 Å². The van der Waals surface area contributed by atoms with Crippen molar-refractivity contribution in [3.05, 3.63) is 18.0 Å². The molecule has 6 heteroatoms. The molecule has 0 unspecified atom stereocenters. The normalized spacial score (nSPS) is 26.4. The second kappa shape index (κ2) is 5.74. The number of piperidine rings is 1. The zero-order chi connectivity index (χ0) is 15.9. The Bertz CT molecular complexity index is 575. The van der Waals surface area contributed by atoms with Crippen LogP contribution >= 0.6 is 0 Å².